The average Bonchev–Trinajstić information content (AvgIpc) is 2.73. The first-order chi connectivity index (χ1) is 14.0. The molecule has 0 aliphatic carbocycles. The zero-order valence-electron chi connectivity index (χ0n) is 16.5. The number of rotatable bonds is 7. The van der Waals surface area contributed by atoms with Crippen LogP contribution >= 0.6 is 0 Å². The number of benzene rings is 3. The Morgan fingerprint density at radius 1 is 0.828 bits per heavy atom. The Morgan fingerprint density at radius 2 is 1.45 bits per heavy atom. The lowest BCUT2D eigenvalue weighted by Gasteiger charge is -2.14. The van der Waals surface area contributed by atoms with Crippen LogP contribution in [0.3, 0.4) is 0 Å². The predicted molar refractivity (Wildman–Crippen MR) is 116 cm³/mol. The van der Waals surface area contributed by atoms with Crippen molar-refractivity contribution >= 4 is 28.9 Å². The first-order valence-electron chi connectivity index (χ1n) is 9.51. The van der Waals surface area contributed by atoms with Crippen molar-refractivity contribution < 1.29 is 14.3 Å². The maximum absolute atomic E-state index is 12.5. The number of amides is 1. The highest BCUT2D eigenvalue weighted by Gasteiger charge is 2.15. The second-order valence-corrected chi connectivity index (χ2v) is 6.90. The Hall–Kier alpha value is -3.60. The normalized spacial score (nSPS) is 10.4. The molecule has 29 heavy (non-hydrogen) atoms. The van der Waals surface area contributed by atoms with Gasteiger partial charge in [0.15, 0.2) is 6.61 Å². The van der Waals surface area contributed by atoms with Crippen LogP contribution in [0.5, 0.6) is 0 Å². The first kappa shape index (κ1) is 20.1. The molecule has 0 fully saturated rings. The highest BCUT2D eigenvalue weighted by atomic mass is 16.5. The SMILES string of the molecule is CC(C)c1ccccc1NC(=O)COC(=O)c1ccccc1Nc1ccccc1. The minimum absolute atomic E-state index is 0.269. The summed E-state index contributed by atoms with van der Waals surface area (Å²) in [6, 6.07) is 24.2. The van der Waals surface area contributed by atoms with E-state index >= 15 is 0 Å². The summed E-state index contributed by atoms with van der Waals surface area (Å²) in [6.07, 6.45) is 0. The highest BCUT2D eigenvalue weighted by Crippen LogP contribution is 2.24. The fraction of sp³-hybridized carbons (Fsp3) is 0.167. The van der Waals surface area contributed by atoms with Crippen molar-refractivity contribution in [2.45, 2.75) is 19.8 Å². The van der Waals surface area contributed by atoms with Crippen molar-refractivity contribution in [1.29, 1.82) is 0 Å². The second kappa shape index (κ2) is 9.55. The molecule has 0 aliphatic rings. The molecule has 0 saturated heterocycles. The standard InChI is InChI=1S/C24H24N2O3/c1-17(2)19-12-6-8-14-21(19)26-23(27)16-29-24(28)20-13-7-9-15-22(20)25-18-10-4-3-5-11-18/h3-15,17,25H,16H2,1-2H3,(H,26,27). The van der Waals surface area contributed by atoms with Gasteiger partial charge in [-0.1, -0.05) is 62.4 Å². The lowest BCUT2D eigenvalue weighted by molar-refractivity contribution is -0.119. The molecule has 0 unspecified atom stereocenters. The number of nitrogens with one attached hydrogen (secondary N) is 2. The third-order valence-corrected chi connectivity index (χ3v) is 4.39. The Bertz CT molecular complexity index is 984. The number of carbonyl (C=O) groups excluding carboxylic acids is 2. The van der Waals surface area contributed by atoms with Gasteiger partial charge in [0.2, 0.25) is 0 Å². The molecule has 0 radical (unpaired) electrons. The molecule has 1 amide bonds. The molecule has 0 spiro atoms. The first-order valence-corrected chi connectivity index (χ1v) is 9.51. The number of esters is 1. The van der Waals surface area contributed by atoms with Gasteiger partial charge in [-0.25, -0.2) is 4.79 Å². The molecule has 3 aromatic carbocycles. The third-order valence-electron chi connectivity index (χ3n) is 4.39. The summed E-state index contributed by atoms with van der Waals surface area (Å²) in [4.78, 5) is 24.8. The Labute approximate surface area is 170 Å². The Morgan fingerprint density at radius 3 is 2.17 bits per heavy atom. The van der Waals surface area contributed by atoms with Gasteiger partial charge in [-0.15, -0.1) is 0 Å². The van der Waals surface area contributed by atoms with Crippen LogP contribution in [-0.4, -0.2) is 18.5 Å². The lowest BCUT2D eigenvalue weighted by Crippen LogP contribution is -2.22. The average molecular weight is 388 g/mol. The number of carbonyl (C=O) groups is 2. The van der Waals surface area contributed by atoms with Gasteiger partial charge in [0.05, 0.1) is 11.3 Å². The zero-order valence-corrected chi connectivity index (χ0v) is 16.5. The number of ether oxygens (including phenoxy) is 1. The summed E-state index contributed by atoms with van der Waals surface area (Å²) >= 11 is 0. The molecule has 0 aromatic heterocycles. The van der Waals surface area contributed by atoms with E-state index in [2.05, 4.69) is 24.5 Å². The van der Waals surface area contributed by atoms with E-state index in [-0.39, 0.29) is 18.4 Å². The molecule has 3 aromatic rings. The summed E-state index contributed by atoms with van der Waals surface area (Å²) in [6.45, 7) is 3.76. The van der Waals surface area contributed by atoms with E-state index in [0.717, 1.165) is 16.9 Å². The van der Waals surface area contributed by atoms with E-state index in [1.165, 1.54) is 0 Å². The molecular formula is C24H24N2O3. The molecule has 0 atom stereocenters. The molecule has 0 saturated carbocycles. The molecule has 5 heteroatoms. The summed E-state index contributed by atoms with van der Waals surface area (Å²) in [5, 5.41) is 6.02. The van der Waals surface area contributed by atoms with Crippen molar-refractivity contribution in [1.82, 2.24) is 0 Å². The highest BCUT2D eigenvalue weighted by molar-refractivity contribution is 5.99. The van der Waals surface area contributed by atoms with E-state index in [1.54, 1.807) is 18.2 Å². The van der Waals surface area contributed by atoms with Gasteiger partial charge in [-0.05, 0) is 41.8 Å². The maximum atomic E-state index is 12.5. The van der Waals surface area contributed by atoms with E-state index in [4.69, 9.17) is 4.74 Å². The van der Waals surface area contributed by atoms with E-state index in [1.807, 2.05) is 60.7 Å². The Kier molecular flexibility index (Phi) is 6.63. The number of hydrogen-bond acceptors (Lipinski definition) is 4. The van der Waals surface area contributed by atoms with Crippen LogP contribution in [0.1, 0.15) is 35.7 Å². The van der Waals surface area contributed by atoms with Gasteiger partial charge in [0, 0.05) is 11.4 Å². The van der Waals surface area contributed by atoms with Crippen LogP contribution in [0.25, 0.3) is 0 Å². The van der Waals surface area contributed by atoms with Crippen molar-refractivity contribution in [3.63, 3.8) is 0 Å². The van der Waals surface area contributed by atoms with Crippen LogP contribution < -0.4 is 10.6 Å². The van der Waals surface area contributed by atoms with Gasteiger partial charge < -0.3 is 15.4 Å². The number of anilines is 3. The van der Waals surface area contributed by atoms with Crippen molar-refractivity contribution in [3.05, 3.63) is 90.0 Å². The second-order valence-electron chi connectivity index (χ2n) is 6.90. The molecule has 3 rings (SSSR count). The molecule has 5 nitrogen and oxygen atoms in total. The van der Waals surface area contributed by atoms with Gasteiger partial charge in [-0.2, -0.15) is 0 Å². The van der Waals surface area contributed by atoms with E-state index in [9.17, 15) is 9.59 Å². The summed E-state index contributed by atoms with van der Waals surface area (Å²) in [5.41, 5.74) is 3.61. The quantitative estimate of drug-likeness (QED) is 0.536. The molecule has 2 N–H and O–H groups in total. The topological polar surface area (TPSA) is 67.4 Å². The van der Waals surface area contributed by atoms with Gasteiger partial charge in [0.25, 0.3) is 5.91 Å². The smallest absolute Gasteiger partial charge is 0.340 e. The zero-order chi connectivity index (χ0) is 20.6. The number of hydrogen-bond donors (Lipinski definition) is 2. The van der Waals surface area contributed by atoms with Crippen LogP contribution in [0.15, 0.2) is 78.9 Å². The van der Waals surface area contributed by atoms with Crippen molar-refractivity contribution in [2.24, 2.45) is 0 Å². The lowest BCUT2D eigenvalue weighted by atomic mass is 10.0. The maximum Gasteiger partial charge on any atom is 0.340 e. The molecule has 0 heterocycles. The monoisotopic (exact) mass is 388 g/mol. The van der Waals surface area contributed by atoms with Crippen LogP contribution in [0.4, 0.5) is 17.1 Å². The van der Waals surface area contributed by atoms with E-state index in [0.29, 0.717) is 11.3 Å². The Balaban J connectivity index is 1.63. The van der Waals surface area contributed by atoms with Gasteiger partial charge in [-0.3, -0.25) is 4.79 Å². The van der Waals surface area contributed by atoms with Gasteiger partial charge >= 0.3 is 5.97 Å². The van der Waals surface area contributed by atoms with Gasteiger partial charge in [0.1, 0.15) is 0 Å². The minimum Gasteiger partial charge on any atom is -0.452 e. The van der Waals surface area contributed by atoms with Crippen LogP contribution in [-0.2, 0) is 9.53 Å². The largest absolute Gasteiger partial charge is 0.452 e. The fourth-order valence-corrected chi connectivity index (χ4v) is 2.96. The van der Waals surface area contributed by atoms with Crippen LogP contribution in [0.2, 0.25) is 0 Å². The third kappa shape index (κ3) is 5.45. The fourth-order valence-electron chi connectivity index (χ4n) is 2.96. The van der Waals surface area contributed by atoms with Crippen LogP contribution in [0, 0.1) is 0 Å². The minimum atomic E-state index is -0.559. The summed E-state index contributed by atoms with van der Waals surface area (Å²) < 4.78 is 5.25. The van der Waals surface area contributed by atoms with E-state index < -0.39 is 5.97 Å². The summed E-state index contributed by atoms with van der Waals surface area (Å²) in [5.74, 6) is -0.665. The summed E-state index contributed by atoms with van der Waals surface area (Å²) in [7, 11) is 0. The molecule has 148 valence electrons. The number of para-hydroxylation sites is 3. The molecule has 0 aliphatic heterocycles. The molecular weight excluding hydrogens is 364 g/mol. The molecule has 0 bridgehead atoms. The predicted octanol–water partition coefficient (Wildman–Crippen LogP) is 5.35. The van der Waals surface area contributed by atoms with Crippen molar-refractivity contribution in [2.75, 3.05) is 17.2 Å². The van der Waals surface area contributed by atoms with Crippen molar-refractivity contribution in [3.8, 4) is 0 Å².